The molecule has 0 saturated carbocycles. The lowest BCUT2D eigenvalue weighted by Crippen LogP contribution is -2.34. The number of nitrogen functional groups attached to an aromatic ring is 1. The van der Waals surface area contributed by atoms with Gasteiger partial charge in [-0.1, -0.05) is 0 Å². The molecular weight excluding hydrogens is 254 g/mol. The van der Waals surface area contributed by atoms with E-state index >= 15 is 0 Å². The average molecular weight is 277 g/mol. The van der Waals surface area contributed by atoms with Gasteiger partial charge in [-0.25, -0.2) is 0 Å². The van der Waals surface area contributed by atoms with Crippen LogP contribution >= 0.6 is 0 Å². The van der Waals surface area contributed by atoms with Crippen molar-refractivity contribution in [2.45, 2.75) is 19.8 Å². The van der Waals surface area contributed by atoms with Crippen LogP contribution in [0.25, 0.3) is 0 Å². The summed E-state index contributed by atoms with van der Waals surface area (Å²) in [5, 5.41) is 0. The fourth-order valence-electron chi connectivity index (χ4n) is 2.60. The summed E-state index contributed by atoms with van der Waals surface area (Å²) >= 11 is 0. The van der Waals surface area contributed by atoms with E-state index in [4.69, 9.17) is 10.6 Å². The topological polar surface area (TPSA) is 67.6 Å². The predicted molar refractivity (Wildman–Crippen MR) is 79.5 cm³/mol. The van der Waals surface area contributed by atoms with Gasteiger partial charge in [-0.2, -0.15) is 0 Å². The van der Waals surface area contributed by atoms with Crippen LogP contribution in [0.1, 0.15) is 28.8 Å². The van der Waals surface area contributed by atoms with Crippen molar-refractivity contribution in [2.24, 2.45) is 11.8 Å². The second-order valence-corrected chi connectivity index (χ2v) is 5.42. The highest BCUT2D eigenvalue weighted by Crippen LogP contribution is 2.19. The Kier molecular flexibility index (Phi) is 4.98. The van der Waals surface area contributed by atoms with E-state index in [1.807, 2.05) is 37.1 Å². The summed E-state index contributed by atoms with van der Waals surface area (Å²) < 4.78 is 5.35. The number of nitrogens with zero attached hydrogens (tertiary/aromatic N) is 1. The fourth-order valence-corrected chi connectivity index (χ4v) is 2.60. The van der Waals surface area contributed by atoms with Crippen LogP contribution in [0.3, 0.4) is 0 Å². The van der Waals surface area contributed by atoms with E-state index in [0.29, 0.717) is 5.92 Å². The summed E-state index contributed by atoms with van der Waals surface area (Å²) in [6.07, 6.45) is 2.07. The molecule has 5 nitrogen and oxygen atoms in total. The van der Waals surface area contributed by atoms with Crippen LogP contribution in [-0.4, -0.2) is 37.6 Å². The van der Waals surface area contributed by atoms with E-state index in [-0.39, 0.29) is 5.91 Å². The first kappa shape index (κ1) is 14.8. The first-order valence-corrected chi connectivity index (χ1v) is 7.02. The summed E-state index contributed by atoms with van der Waals surface area (Å²) in [5.74, 6) is 5.98. The molecule has 0 aliphatic carbocycles. The quantitative estimate of drug-likeness (QED) is 0.650. The minimum atomic E-state index is 0.0672. The molecule has 0 radical (unpaired) electrons. The van der Waals surface area contributed by atoms with E-state index in [0.717, 1.165) is 49.4 Å². The molecule has 0 spiro atoms. The molecule has 1 aromatic carbocycles. The maximum absolute atomic E-state index is 12.5. The standard InChI is InChI=1S/C15H23N3O2/c1-11-9-13(17-16)3-4-14(11)15(19)18(2)10-12-5-7-20-8-6-12/h3-4,9,12,17H,5-8,10,16H2,1-2H3. The van der Waals surface area contributed by atoms with E-state index in [1.165, 1.54) is 0 Å². The monoisotopic (exact) mass is 277 g/mol. The summed E-state index contributed by atoms with van der Waals surface area (Å²) in [6.45, 7) is 4.33. The number of aryl methyl sites for hydroxylation is 1. The first-order valence-electron chi connectivity index (χ1n) is 7.02. The largest absolute Gasteiger partial charge is 0.381 e. The number of carbonyl (C=O) groups is 1. The van der Waals surface area contributed by atoms with Crippen molar-refractivity contribution in [1.82, 2.24) is 4.90 Å². The number of nitrogens with one attached hydrogen (secondary N) is 1. The zero-order valence-corrected chi connectivity index (χ0v) is 12.2. The lowest BCUT2D eigenvalue weighted by molar-refractivity contribution is 0.0497. The number of hydrazine groups is 1. The molecule has 0 unspecified atom stereocenters. The molecule has 2 rings (SSSR count). The Hall–Kier alpha value is -1.59. The van der Waals surface area contributed by atoms with Gasteiger partial charge in [0, 0.05) is 38.1 Å². The maximum atomic E-state index is 12.5. The Morgan fingerprint density at radius 1 is 1.45 bits per heavy atom. The highest BCUT2D eigenvalue weighted by Gasteiger charge is 2.20. The normalized spacial score (nSPS) is 15.9. The number of amides is 1. The number of ether oxygens (including phenoxy) is 1. The van der Waals surface area contributed by atoms with Gasteiger partial charge >= 0.3 is 0 Å². The zero-order valence-electron chi connectivity index (χ0n) is 12.2. The van der Waals surface area contributed by atoms with E-state index in [2.05, 4.69) is 5.43 Å². The van der Waals surface area contributed by atoms with Crippen molar-refractivity contribution in [3.05, 3.63) is 29.3 Å². The highest BCUT2D eigenvalue weighted by atomic mass is 16.5. The van der Waals surface area contributed by atoms with Crippen LogP contribution in [0.4, 0.5) is 5.69 Å². The summed E-state index contributed by atoms with van der Waals surface area (Å²) in [4.78, 5) is 14.3. The number of hydrogen-bond donors (Lipinski definition) is 2. The van der Waals surface area contributed by atoms with E-state index in [1.54, 1.807) is 0 Å². The Balaban J connectivity index is 2.02. The Labute approximate surface area is 120 Å². The SMILES string of the molecule is Cc1cc(NN)ccc1C(=O)N(C)CC1CCOCC1. The van der Waals surface area contributed by atoms with Gasteiger partial charge in [0.15, 0.2) is 0 Å². The van der Waals surface area contributed by atoms with Gasteiger partial charge in [0.05, 0.1) is 0 Å². The Bertz CT molecular complexity index is 470. The molecule has 1 amide bonds. The fraction of sp³-hybridized carbons (Fsp3) is 0.533. The number of benzene rings is 1. The molecule has 0 bridgehead atoms. The highest BCUT2D eigenvalue weighted by molar-refractivity contribution is 5.95. The summed E-state index contributed by atoms with van der Waals surface area (Å²) in [6, 6.07) is 5.53. The van der Waals surface area contributed by atoms with Crippen molar-refractivity contribution in [3.63, 3.8) is 0 Å². The van der Waals surface area contributed by atoms with E-state index in [9.17, 15) is 4.79 Å². The lowest BCUT2D eigenvalue weighted by Gasteiger charge is -2.27. The van der Waals surface area contributed by atoms with Gasteiger partial charge in [0.1, 0.15) is 0 Å². The minimum Gasteiger partial charge on any atom is -0.381 e. The molecular formula is C15H23N3O2. The minimum absolute atomic E-state index is 0.0672. The van der Waals surface area contributed by atoms with Crippen molar-refractivity contribution in [2.75, 3.05) is 32.2 Å². The van der Waals surface area contributed by atoms with Crippen molar-refractivity contribution in [1.29, 1.82) is 0 Å². The second kappa shape index (κ2) is 6.72. The molecule has 1 heterocycles. The summed E-state index contributed by atoms with van der Waals surface area (Å²) in [5.41, 5.74) is 5.07. The van der Waals surface area contributed by atoms with Crippen molar-refractivity contribution >= 4 is 11.6 Å². The van der Waals surface area contributed by atoms with Crippen LogP contribution < -0.4 is 11.3 Å². The number of nitrogens with two attached hydrogens (primary N) is 1. The van der Waals surface area contributed by atoms with Gasteiger partial charge in [-0.05, 0) is 49.4 Å². The van der Waals surface area contributed by atoms with Crippen LogP contribution in [0.5, 0.6) is 0 Å². The third-order valence-corrected chi connectivity index (χ3v) is 3.84. The van der Waals surface area contributed by atoms with Gasteiger partial charge in [-0.15, -0.1) is 0 Å². The van der Waals surface area contributed by atoms with Gasteiger partial charge in [-0.3, -0.25) is 10.6 Å². The van der Waals surface area contributed by atoms with Crippen molar-refractivity contribution in [3.8, 4) is 0 Å². The molecule has 1 aliphatic heterocycles. The molecule has 0 atom stereocenters. The van der Waals surface area contributed by atoms with Crippen LogP contribution in [0.15, 0.2) is 18.2 Å². The molecule has 5 heteroatoms. The zero-order chi connectivity index (χ0) is 14.5. The van der Waals surface area contributed by atoms with Crippen molar-refractivity contribution < 1.29 is 9.53 Å². The Morgan fingerprint density at radius 2 is 2.15 bits per heavy atom. The molecule has 3 N–H and O–H groups in total. The molecule has 0 aromatic heterocycles. The number of carbonyl (C=O) groups excluding carboxylic acids is 1. The third-order valence-electron chi connectivity index (χ3n) is 3.84. The number of anilines is 1. The number of hydrogen-bond acceptors (Lipinski definition) is 4. The molecule has 1 fully saturated rings. The van der Waals surface area contributed by atoms with Gasteiger partial charge in [0.25, 0.3) is 5.91 Å². The number of rotatable bonds is 4. The van der Waals surface area contributed by atoms with Gasteiger partial charge < -0.3 is 15.1 Å². The molecule has 1 saturated heterocycles. The molecule has 1 aliphatic rings. The predicted octanol–water partition coefficient (Wildman–Crippen LogP) is 1.78. The van der Waals surface area contributed by atoms with Gasteiger partial charge in [0.2, 0.25) is 0 Å². The third kappa shape index (κ3) is 3.49. The molecule has 110 valence electrons. The second-order valence-electron chi connectivity index (χ2n) is 5.42. The lowest BCUT2D eigenvalue weighted by atomic mass is 9.99. The average Bonchev–Trinajstić information content (AvgIpc) is 2.47. The van der Waals surface area contributed by atoms with Crippen LogP contribution in [0, 0.1) is 12.8 Å². The first-order chi connectivity index (χ1) is 9.61. The maximum Gasteiger partial charge on any atom is 0.253 e. The molecule has 20 heavy (non-hydrogen) atoms. The van der Waals surface area contributed by atoms with Crippen LogP contribution in [0.2, 0.25) is 0 Å². The Morgan fingerprint density at radius 3 is 2.75 bits per heavy atom. The van der Waals surface area contributed by atoms with E-state index < -0.39 is 0 Å². The van der Waals surface area contributed by atoms with Crippen LogP contribution in [-0.2, 0) is 4.74 Å². The summed E-state index contributed by atoms with van der Waals surface area (Å²) in [7, 11) is 1.87. The molecule has 1 aromatic rings. The smallest absolute Gasteiger partial charge is 0.253 e.